The lowest BCUT2D eigenvalue weighted by molar-refractivity contribution is 0.414. The van der Waals surface area contributed by atoms with E-state index in [-0.39, 0.29) is 6.04 Å². The van der Waals surface area contributed by atoms with Crippen LogP contribution in [0.4, 0.5) is 0 Å². The largest absolute Gasteiger partial charge is 0.497 e. The third-order valence-corrected chi connectivity index (χ3v) is 3.84. The summed E-state index contributed by atoms with van der Waals surface area (Å²) in [7, 11) is 1.64. The highest BCUT2D eigenvalue weighted by molar-refractivity contribution is 5.68. The van der Waals surface area contributed by atoms with Gasteiger partial charge in [0.25, 0.3) is 0 Å². The molecular formula is C15H19N3O. The predicted octanol–water partition coefficient (Wildman–Crippen LogP) is 4.58. The fraction of sp³-hybridized carbons (Fsp3) is 0.467. The zero-order valence-corrected chi connectivity index (χ0v) is 11.2. The third kappa shape index (κ3) is 3.09. The van der Waals surface area contributed by atoms with Crippen molar-refractivity contribution in [2.45, 2.75) is 31.7 Å². The van der Waals surface area contributed by atoms with Crippen molar-refractivity contribution in [3.8, 4) is 5.75 Å². The Balaban J connectivity index is 2.20. The van der Waals surface area contributed by atoms with Gasteiger partial charge in [0.15, 0.2) is 0 Å². The Hall–Kier alpha value is -1.93. The lowest BCUT2D eigenvalue weighted by atomic mass is 9.89. The van der Waals surface area contributed by atoms with E-state index in [0.717, 1.165) is 29.7 Å². The van der Waals surface area contributed by atoms with E-state index in [2.05, 4.69) is 16.6 Å². The molecule has 1 aromatic carbocycles. The SMILES string of the molecule is C=C(c1ccc(OC)cc1)C(N=[N+]=[N-])C1CCCC1. The Labute approximate surface area is 113 Å². The number of hydrogen-bond acceptors (Lipinski definition) is 2. The molecule has 1 fully saturated rings. The van der Waals surface area contributed by atoms with Crippen LogP contribution in [0.5, 0.6) is 5.75 Å². The number of benzene rings is 1. The van der Waals surface area contributed by atoms with E-state index in [1.54, 1.807) is 7.11 Å². The van der Waals surface area contributed by atoms with Crippen molar-refractivity contribution < 1.29 is 4.74 Å². The molecule has 1 unspecified atom stereocenters. The summed E-state index contributed by atoms with van der Waals surface area (Å²) in [4.78, 5) is 3.00. The smallest absolute Gasteiger partial charge is 0.118 e. The van der Waals surface area contributed by atoms with Crippen molar-refractivity contribution in [2.24, 2.45) is 11.0 Å². The molecule has 1 aliphatic carbocycles. The van der Waals surface area contributed by atoms with Gasteiger partial charge in [-0.3, -0.25) is 0 Å². The van der Waals surface area contributed by atoms with Crippen LogP contribution in [0.15, 0.2) is 36.0 Å². The molecule has 100 valence electrons. The fourth-order valence-electron chi connectivity index (χ4n) is 2.75. The molecule has 0 bridgehead atoms. The summed E-state index contributed by atoms with van der Waals surface area (Å²) < 4.78 is 5.15. The van der Waals surface area contributed by atoms with Crippen LogP contribution in [0.1, 0.15) is 31.2 Å². The first-order chi connectivity index (χ1) is 9.26. The van der Waals surface area contributed by atoms with Crippen molar-refractivity contribution in [2.75, 3.05) is 7.11 Å². The van der Waals surface area contributed by atoms with E-state index >= 15 is 0 Å². The minimum absolute atomic E-state index is 0.124. The van der Waals surface area contributed by atoms with Gasteiger partial charge in [-0.15, -0.1) is 0 Å². The van der Waals surface area contributed by atoms with Crippen LogP contribution in [-0.2, 0) is 0 Å². The van der Waals surface area contributed by atoms with Crippen molar-refractivity contribution in [3.63, 3.8) is 0 Å². The molecule has 0 radical (unpaired) electrons. The normalized spacial score (nSPS) is 16.7. The topological polar surface area (TPSA) is 58.0 Å². The van der Waals surface area contributed by atoms with Crippen molar-refractivity contribution in [1.29, 1.82) is 0 Å². The standard InChI is InChI=1S/C15H19N3O/c1-11(12-7-9-14(19-2)10-8-12)15(17-18-16)13-5-3-4-6-13/h7-10,13,15H,1,3-6H2,2H3. The van der Waals surface area contributed by atoms with Crippen LogP contribution in [0.2, 0.25) is 0 Å². The third-order valence-electron chi connectivity index (χ3n) is 3.84. The molecule has 19 heavy (non-hydrogen) atoms. The maximum Gasteiger partial charge on any atom is 0.118 e. The van der Waals surface area contributed by atoms with Gasteiger partial charge in [-0.1, -0.05) is 36.7 Å². The maximum atomic E-state index is 8.77. The highest BCUT2D eigenvalue weighted by Gasteiger charge is 2.26. The van der Waals surface area contributed by atoms with Gasteiger partial charge in [0.05, 0.1) is 13.2 Å². The van der Waals surface area contributed by atoms with Crippen molar-refractivity contribution in [3.05, 3.63) is 46.9 Å². The summed E-state index contributed by atoms with van der Waals surface area (Å²) in [5, 5.41) is 3.97. The molecule has 1 aliphatic rings. The summed E-state index contributed by atoms with van der Waals surface area (Å²) in [5.74, 6) is 1.25. The van der Waals surface area contributed by atoms with E-state index in [9.17, 15) is 0 Å². The van der Waals surface area contributed by atoms with Crippen LogP contribution in [0, 0.1) is 5.92 Å². The van der Waals surface area contributed by atoms with Crippen molar-refractivity contribution in [1.82, 2.24) is 0 Å². The molecule has 2 rings (SSSR count). The van der Waals surface area contributed by atoms with E-state index in [1.807, 2.05) is 24.3 Å². The maximum absolute atomic E-state index is 8.77. The molecular weight excluding hydrogens is 238 g/mol. The Morgan fingerprint density at radius 2 is 2.00 bits per heavy atom. The fourth-order valence-corrected chi connectivity index (χ4v) is 2.75. The second kappa shape index (κ2) is 6.30. The summed E-state index contributed by atoms with van der Waals surface area (Å²) in [6.45, 7) is 4.14. The van der Waals surface area contributed by atoms with Gasteiger partial charge in [-0.25, -0.2) is 0 Å². The average Bonchev–Trinajstić information content (AvgIpc) is 2.98. The number of nitrogens with zero attached hydrogens (tertiary/aromatic N) is 3. The van der Waals surface area contributed by atoms with E-state index in [4.69, 9.17) is 10.3 Å². The molecule has 1 saturated carbocycles. The van der Waals surface area contributed by atoms with Crippen LogP contribution >= 0.6 is 0 Å². The minimum Gasteiger partial charge on any atom is -0.497 e. The van der Waals surface area contributed by atoms with Crippen molar-refractivity contribution >= 4 is 5.57 Å². The predicted molar refractivity (Wildman–Crippen MR) is 76.9 cm³/mol. The van der Waals surface area contributed by atoms with Gasteiger partial charge in [0, 0.05) is 4.91 Å². The minimum atomic E-state index is -0.124. The summed E-state index contributed by atoms with van der Waals surface area (Å²) in [5.41, 5.74) is 10.7. The van der Waals surface area contributed by atoms with E-state index < -0.39 is 0 Å². The number of ether oxygens (including phenoxy) is 1. The van der Waals surface area contributed by atoms with Gasteiger partial charge < -0.3 is 4.74 Å². The number of hydrogen-bond donors (Lipinski definition) is 0. The zero-order chi connectivity index (χ0) is 13.7. The Morgan fingerprint density at radius 3 is 2.53 bits per heavy atom. The molecule has 0 aromatic heterocycles. The van der Waals surface area contributed by atoms with Gasteiger partial charge in [-0.2, -0.15) is 0 Å². The van der Waals surface area contributed by atoms with E-state index in [0.29, 0.717) is 5.92 Å². The molecule has 0 heterocycles. The van der Waals surface area contributed by atoms with Crippen LogP contribution in [0.25, 0.3) is 16.0 Å². The van der Waals surface area contributed by atoms with Gasteiger partial charge in [-0.05, 0) is 47.6 Å². The van der Waals surface area contributed by atoms with E-state index in [1.165, 1.54) is 12.8 Å². The molecule has 0 aliphatic heterocycles. The van der Waals surface area contributed by atoms with Gasteiger partial charge in [0.1, 0.15) is 5.75 Å². The average molecular weight is 257 g/mol. The second-order valence-electron chi connectivity index (χ2n) is 4.95. The Bertz CT molecular complexity index is 483. The number of rotatable bonds is 5. The first-order valence-corrected chi connectivity index (χ1v) is 6.63. The molecule has 0 spiro atoms. The Kier molecular flexibility index (Phi) is 4.48. The molecule has 0 saturated heterocycles. The number of azide groups is 1. The molecule has 4 heteroatoms. The highest BCUT2D eigenvalue weighted by atomic mass is 16.5. The first kappa shape index (κ1) is 13.5. The van der Waals surface area contributed by atoms with Gasteiger partial charge >= 0.3 is 0 Å². The highest BCUT2D eigenvalue weighted by Crippen LogP contribution is 2.35. The quantitative estimate of drug-likeness (QED) is 0.432. The van der Waals surface area contributed by atoms with Crippen LogP contribution in [-0.4, -0.2) is 13.2 Å². The molecule has 1 atom stereocenters. The molecule has 0 amide bonds. The molecule has 4 nitrogen and oxygen atoms in total. The molecule has 1 aromatic rings. The summed E-state index contributed by atoms with van der Waals surface area (Å²) in [6.07, 6.45) is 4.69. The van der Waals surface area contributed by atoms with Crippen LogP contribution in [0.3, 0.4) is 0 Å². The summed E-state index contributed by atoms with van der Waals surface area (Å²) >= 11 is 0. The lowest BCUT2D eigenvalue weighted by Gasteiger charge is -2.21. The lowest BCUT2D eigenvalue weighted by Crippen LogP contribution is -2.16. The zero-order valence-electron chi connectivity index (χ0n) is 11.2. The van der Waals surface area contributed by atoms with Crippen LogP contribution < -0.4 is 4.74 Å². The van der Waals surface area contributed by atoms with Gasteiger partial charge in [0.2, 0.25) is 0 Å². The number of methoxy groups -OCH3 is 1. The second-order valence-corrected chi connectivity index (χ2v) is 4.95. The Morgan fingerprint density at radius 1 is 1.37 bits per heavy atom. The monoisotopic (exact) mass is 257 g/mol. The summed E-state index contributed by atoms with van der Waals surface area (Å²) in [6, 6.07) is 7.62. The molecule has 0 N–H and O–H groups in total. The first-order valence-electron chi connectivity index (χ1n) is 6.63.